The topological polar surface area (TPSA) is 125 Å². The molecule has 3 atom stereocenters. The van der Waals surface area contributed by atoms with Gasteiger partial charge in [0.25, 0.3) is 0 Å². The first-order chi connectivity index (χ1) is 22.3. The predicted octanol–water partition coefficient (Wildman–Crippen LogP) is 8.19. The maximum absolute atomic E-state index is 9.84. The number of para-hydroxylation sites is 2. The molecular formula is C34H60N2O6S4. The van der Waals surface area contributed by atoms with E-state index in [-0.39, 0.29) is 19.8 Å². The summed E-state index contributed by atoms with van der Waals surface area (Å²) in [6.45, 7) is 16.8. The van der Waals surface area contributed by atoms with Gasteiger partial charge in [0.1, 0.15) is 24.7 Å². The highest BCUT2D eigenvalue weighted by Gasteiger charge is 2.10. The van der Waals surface area contributed by atoms with Crippen LogP contribution < -0.4 is 9.47 Å². The van der Waals surface area contributed by atoms with E-state index in [9.17, 15) is 10.2 Å². The van der Waals surface area contributed by atoms with Gasteiger partial charge in [0, 0.05) is 17.3 Å². The van der Waals surface area contributed by atoms with Crippen LogP contribution in [0.1, 0.15) is 68.2 Å². The van der Waals surface area contributed by atoms with E-state index in [0.717, 1.165) is 20.2 Å². The first-order valence-electron chi connectivity index (χ1n) is 15.9. The van der Waals surface area contributed by atoms with Crippen LogP contribution in [0.2, 0.25) is 0 Å². The van der Waals surface area contributed by atoms with E-state index in [1.807, 2.05) is 94.6 Å². The molecule has 0 aliphatic heterocycles. The maximum atomic E-state index is 9.84. The molecule has 0 radical (unpaired) electrons. The number of hydrogen-bond acceptors (Lipinski definition) is 12. The number of aromatic nitrogens is 2. The smallest absolute Gasteiger partial charge is 0.175 e. The van der Waals surface area contributed by atoms with Gasteiger partial charge in [0.05, 0.1) is 24.9 Å². The van der Waals surface area contributed by atoms with Crippen molar-refractivity contribution in [3.8, 4) is 11.5 Å². The largest absolute Gasteiger partial charge is 0.491 e. The van der Waals surface area contributed by atoms with Gasteiger partial charge in [-0.05, 0) is 30.5 Å². The molecule has 0 bridgehead atoms. The van der Waals surface area contributed by atoms with Gasteiger partial charge in [-0.3, -0.25) is 0 Å². The molecule has 3 rings (SSSR count). The highest BCUT2D eigenvalue weighted by atomic mass is 32.2. The number of rotatable bonds is 15. The summed E-state index contributed by atoms with van der Waals surface area (Å²) in [5.74, 6) is 2.94. The van der Waals surface area contributed by atoms with E-state index in [4.69, 9.17) is 19.7 Å². The lowest BCUT2D eigenvalue weighted by atomic mass is 10.3. The van der Waals surface area contributed by atoms with Crippen molar-refractivity contribution in [3.05, 3.63) is 60.7 Å². The molecule has 0 aliphatic carbocycles. The Labute approximate surface area is 296 Å². The number of benzene rings is 2. The Kier molecular flexibility index (Phi) is 40.3. The van der Waals surface area contributed by atoms with Crippen molar-refractivity contribution in [2.45, 2.75) is 95.2 Å². The molecule has 266 valence electrons. The van der Waals surface area contributed by atoms with Crippen molar-refractivity contribution in [2.75, 3.05) is 43.3 Å². The molecule has 0 saturated heterocycles. The Morgan fingerprint density at radius 1 is 0.652 bits per heavy atom. The normalized spacial score (nSPS) is 11.4. The Hall–Kier alpha value is -1.51. The second kappa shape index (κ2) is 37.9. The van der Waals surface area contributed by atoms with Gasteiger partial charge in [-0.2, -0.15) is 11.8 Å². The zero-order chi connectivity index (χ0) is 35.4. The molecular weight excluding hydrogens is 661 g/mol. The lowest BCUT2D eigenvalue weighted by molar-refractivity contribution is 0.112. The summed E-state index contributed by atoms with van der Waals surface area (Å²) >= 11 is 6.01. The lowest BCUT2D eigenvalue weighted by Gasteiger charge is -2.13. The second-order valence-electron chi connectivity index (χ2n) is 8.69. The first kappa shape index (κ1) is 48.9. The van der Waals surface area contributed by atoms with Crippen LogP contribution in [0, 0.1) is 0 Å². The van der Waals surface area contributed by atoms with Crippen LogP contribution in [0.25, 0.3) is 0 Å². The molecule has 0 fully saturated rings. The molecule has 0 saturated carbocycles. The second-order valence-corrected chi connectivity index (χ2v) is 13.1. The highest BCUT2D eigenvalue weighted by molar-refractivity contribution is 8.03. The molecule has 1 aromatic heterocycles. The number of thioether (sulfide) groups is 3. The molecule has 12 heteroatoms. The Morgan fingerprint density at radius 2 is 1.04 bits per heavy atom. The molecule has 1 heterocycles. The van der Waals surface area contributed by atoms with Crippen molar-refractivity contribution >= 4 is 46.6 Å². The molecule has 8 nitrogen and oxygen atoms in total. The van der Waals surface area contributed by atoms with Crippen molar-refractivity contribution in [1.82, 2.24) is 10.2 Å². The van der Waals surface area contributed by atoms with Crippen molar-refractivity contribution < 1.29 is 29.9 Å². The molecule has 3 aromatic rings. The Balaban J connectivity index is -0.000000630. The average molecular weight is 721 g/mol. The summed E-state index contributed by atoms with van der Waals surface area (Å²) in [5, 5.41) is 45.2. The predicted molar refractivity (Wildman–Crippen MR) is 203 cm³/mol. The van der Waals surface area contributed by atoms with E-state index in [2.05, 4.69) is 37.9 Å². The number of aliphatic hydroxyl groups excluding tert-OH is 4. The van der Waals surface area contributed by atoms with Crippen molar-refractivity contribution in [1.29, 1.82) is 0 Å². The molecule has 0 amide bonds. The summed E-state index contributed by atoms with van der Waals surface area (Å²) in [6.07, 6.45) is 2.65. The fourth-order valence-corrected chi connectivity index (χ4v) is 5.66. The van der Waals surface area contributed by atoms with E-state index in [1.54, 1.807) is 23.1 Å². The van der Waals surface area contributed by atoms with Gasteiger partial charge in [-0.1, -0.05) is 139 Å². The highest BCUT2D eigenvalue weighted by Crippen LogP contribution is 2.27. The van der Waals surface area contributed by atoms with Crippen LogP contribution in [0.15, 0.2) is 69.3 Å². The minimum Gasteiger partial charge on any atom is -0.491 e. The summed E-state index contributed by atoms with van der Waals surface area (Å²) in [6, 6.07) is 18.8. The summed E-state index contributed by atoms with van der Waals surface area (Å²) in [7, 11) is 0. The van der Waals surface area contributed by atoms with E-state index in [1.165, 1.54) is 36.4 Å². The minimum atomic E-state index is -0.720. The zero-order valence-corrected chi connectivity index (χ0v) is 32.6. The molecule has 46 heavy (non-hydrogen) atoms. The molecule has 0 aliphatic rings. The number of hydrogen-bond donors (Lipinski definition) is 4. The van der Waals surface area contributed by atoms with Gasteiger partial charge in [0.15, 0.2) is 8.68 Å². The van der Waals surface area contributed by atoms with Gasteiger partial charge in [-0.15, -0.1) is 10.2 Å². The minimum absolute atomic E-state index is 0.228. The van der Waals surface area contributed by atoms with E-state index >= 15 is 0 Å². The van der Waals surface area contributed by atoms with Crippen LogP contribution in [0.4, 0.5) is 0 Å². The summed E-state index contributed by atoms with van der Waals surface area (Å²) in [4.78, 5) is 0. The number of aliphatic hydroxyl groups is 4. The third-order valence-electron chi connectivity index (χ3n) is 4.16. The number of ether oxygens (including phenoxy) is 2. The monoisotopic (exact) mass is 720 g/mol. The third-order valence-corrected chi connectivity index (χ3v) is 8.58. The third kappa shape index (κ3) is 31.1. The van der Waals surface area contributed by atoms with Crippen LogP contribution >= 0.6 is 46.6 Å². The van der Waals surface area contributed by atoms with Gasteiger partial charge in [-0.25, -0.2) is 0 Å². The molecule has 0 spiro atoms. The van der Waals surface area contributed by atoms with E-state index in [0.29, 0.717) is 17.3 Å². The zero-order valence-electron chi connectivity index (χ0n) is 29.3. The SMILES string of the molecule is CC.CC.CCC.CCC.CSc1nnc(SCC(O)COc2ccccc2)s1.OCC(O)CSCC(O)COc1ccccc1. The summed E-state index contributed by atoms with van der Waals surface area (Å²) < 4.78 is 12.7. The van der Waals surface area contributed by atoms with Crippen LogP contribution in [0.5, 0.6) is 11.5 Å². The average Bonchev–Trinajstić information content (AvgIpc) is 3.57. The fourth-order valence-electron chi connectivity index (χ4n) is 2.41. The summed E-state index contributed by atoms with van der Waals surface area (Å²) in [5.41, 5.74) is 0. The lowest BCUT2D eigenvalue weighted by Crippen LogP contribution is -2.22. The fraction of sp³-hybridized carbons (Fsp3) is 0.588. The van der Waals surface area contributed by atoms with Gasteiger partial charge in [0.2, 0.25) is 0 Å². The Morgan fingerprint density at radius 3 is 1.43 bits per heavy atom. The van der Waals surface area contributed by atoms with Crippen LogP contribution in [0.3, 0.4) is 0 Å². The molecule has 4 N–H and O–H groups in total. The van der Waals surface area contributed by atoms with Crippen LogP contribution in [-0.4, -0.2) is 92.3 Å². The molecule has 2 aromatic carbocycles. The molecule has 3 unspecified atom stereocenters. The number of nitrogens with zero attached hydrogens (tertiary/aromatic N) is 2. The van der Waals surface area contributed by atoms with E-state index < -0.39 is 18.3 Å². The van der Waals surface area contributed by atoms with Crippen molar-refractivity contribution in [2.24, 2.45) is 0 Å². The van der Waals surface area contributed by atoms with Crippen molar-refractivity contribution in [3.63, 3.8) is 0 Å². The maximum Gasteiger partial charge on any atom is 0.175 e. The van der Waals surface area contributed by atoms with Gasteiger partial charge < -0.3 is 29.9 Å². The standard InChI is InChI=1S/C12H14N2O2S3.C12H18O4S.2C3H8.2C2H6/c1-17-11-13-14-12(19-11)18-8-9(15)7-16-10-5-3-2-4-6-10;13-6-10(14)8-17-9-11(15)7-16-12-4-2-1-3-5-12;2*1-3-2;2*1-2/h2-6,9,15H,7-8H2,1H3;1-5,10-11,13-15H,6-9H2;2*3H2,1-2H3;2*1-2H3. The van der Waals surface area contributed by atoms with Crippen LogP contribution in [-0.2, 0) is 0 Å². The first-order valence-corrected chi connectivity index (χ1v) is 20.1. The Bertz CT molecular complexity index is 973. The van der Waals surface area contributed by atoms with Gasteiger partial charge >= 0.3 is 0 Å². The quantitative estimate of drug-likeness (QED) is 0.114.